The summed E-state index contributed by atoms with van der Waals surface area (Å²) < 4.78 is 5.53. The number of aliphatic hydroxyl groups excluding tert-OH is 1. The van der Waals surface area contributed by atoms with E-state index in [4.69, 9.17) is 5.73 Å². The number of primary amides is 1. The fraction of sp³-hybridized carbons (Fsp3) is 0.440. The largest absolute Gasteiger partial charge is 0.396 e. The van der Waals surface area contributed by atoms with Crippen molar-refractivity contribution in [2.45, 2.75) is 59.4 Å². The first-order valence-corrected chi connectivity index (χ1v) is 11.3. The van der Waals surface area contributed by atoms with Crippen molar-refractivity contribution < 1.29 is 9.90 Å². The third kappa shape index (κ3) is 4.17. The zero-order chi connectivity index (χ0) is 23.4. The molecule has 0 fully saturated rings. The van der Waals surface area contributed by atoms with Gasteiger partial charge in [-0.15, -0.1) is 0 Å². The summed E-state index contributed by atoms with van der Waals surface area (Å²) in [6.45, 7) is 6.54. The number of nitrogens with two attached hydrogens (primary N) is 1. The van der Waals surface area contributed by atoms with Gasteiger partial charge in [0.15, 0.2) is 0 Å². The van der Waals surface area contributed by atoms with Crippen LogP contribution in [0.2, 0.25) is 0 Å². The molecule has 7 heteroatoms. The predicted molar refractivity (Wildman–Crippen MR) is 127 cm³/mol. The quantitative estimate of drug-likeness (QED) is 0.475. The number of carbonyl (C=O) groups is 1. The highest BCUT2D eigenvalue weighted by Gasteiger charge is 2.29. The SMILES string of the molecule is CCCCCc1c(-c2c(C)n(C)n(-c3ccccc3)c2=O)c(C(N)=O)c(C)n1CCCO. The second kappa shape index (κ2) is 10.0. The summed E-state index contributed by atoms with van der Waals surface area (Å²) in [5.74, 6) is -0.536. The Labute approximate surface area is 189 Å². The lowest BCUT2D eigenvalue weighted by Gasteiger charge is -2.12. The summed E-state index contributed by atoms with van der Waals surface area (Å²) in [6, 6.07) is 9.47. The van der Waals surface area contributed by atoms with Gasteiger partial charge in [0, 0.05) is 42.8 Å². The minimum atomic E-state index is -0.536. The average Bonchev–Trinajstić information content (AvgIpc) is 3.16. The van der Waals surface area contributed by atoms with Gasteiger partial charge in [0.1, 0.15) is 0 Å². The summed E-state index contributed by atoms with van der Waals surface area (Å²) >= 11 is 0. The molecule has 2 heterocycles. The average molecular weight is 439 g/mol. The van der Waals surface area contributed by atoms with Gasteiger partial charge in [0.05, 0.1) is 16.8 Å². The summed E-state index contributed by atoms with van der Waals surface area (Å²) in [4.78, 5) is 26.4. The van der Waals surface area contributed by atoms with E-state index in [2.05, 4.69) is 11.5 Å². The van der Waals surface area contributed by atoms with Crippen LogP contribution in [0.15, 0.2) is 35.1 Å². The Balaban J connectivity index is 2.34. The van der Waals surface area contributed by atoms with E-state index in [0.717, 1.165) is 48.5 Å². The maximum absolute atomic E-state index is 13.7. The third-order valence-corrected chi connectivity index (χ3v) is 6.24. The summed E-state index contributed by atoms with van der Waals surface area (Å²) in [7, 11) is 1.85. The van der Waals surface area contributed by atoms with Crippen LogP contribution in [0.5, 0.6) is 0 Å². The highest BCUT2D eigenvalue weighted by Crippen LogP contribution is 2.34. The van der Waals surface area contributed by atoms with Crippen molar-refractivity contribution >= 4 is 5.91 Å². The number of para-hydroxylation sites is 1. The topological polar surface area (TPSA) is 95.2 Å². The summed E-state index contributed by atoms with van der Waals surface area (Å²) in [6.07, 6.45) is 4.37. The van der Waals surface area contributed by atoms with Crippen LogP contribution in [0.25, 0.3) is 16.8 Å². The smallest absolute Gasteiger partial charge is 0.279 e. The molecule has 0 spiro atoms. The Morgan fingerprint density at radius 3 is 2.31 bits per heavy atom. The van der Waals surface area contributed by atoms with Crippen molar-refractivity contribution in [2.75, 3.05) is 6.61 Å². The van der Waals surface area contributed by atoms with Crippen molar-refractivity contribution in [3.8, 4) is 16.8 Å². The molecule has 0 unspecified atom stereocenters. The molecular weight excluding hydrogens is 404 g/mol. The fourth-order valence-electron chi connectivity index (χ4n) is 4.56. The molecule has 1 amide bonds. The molecule has 0 aliphatic carbocycles. The molecule has 0 aliphatic rings. The van der Waals surface area contributed by atoms with Gasteiger partial charge in [-0.3, -0.25) is 14.3 Å². The Bertz CT molecular complexity index is 1150. The lowest BCUT2D eigenvalue weighted by atomic mass is 9.97. The molecule has 172 valence electrons. The molecule has 3 N–H and O–H groups in total. The van der Waals surface area contributed by atoms with E-state index >= 15 is 0 Å². The molecule has 3 aromatic rings. The molecule has 2 aromatic heterocycles. The first-order valence-electron chi connectivity index (χ1n) is 11.3. The van der Waals surface area contributed by atoms with Crippen LogP contribution in [0, 0.1) is 13.8 Å². The number of carbonyl (C=O) groups excluding carboxylic acids is 1. The Hall–Kier alpha value is -3.06. The van der Waals surface area contributed by atoms with E-state index in [-0.39, 0.29) is 12.2 Å². The predicted octanol–water partition coefficient (Wildman–Crippen LogP) is 3.48. The molecule has 7 nitrogen and oxygen atoms in total. The molecule has 0 saturated carbocycles. The van der Waals surface area contributed by atoms with E-state index < -0.39 is 5.91 Å². The van der Waals surface area contributed by atoms with Crippen molar-refractivity contribution in [3.63, 3.8) is 0 Å². The number of nitrogens with zero attached hydrogens (tertiary/aromatic N) is 3. The van der Waals surface area contributed by atoms with Crippen LogP contribution in [0.4, 0.5) is 0 Å². The number of aliphatic hydroxyl groups is 1. The molecule has 0 atom stereocenters. The van der Waals surface area contributed by atoms with Crippen LogP contribution >= 0.6 is 0 Å². The molecule has 32 heavy (non-hydrogen) atoms. The Morgan fingerprint density at radius 1 is 1.03 bits per heavy atom. The third-order valence-electron chi connectivity index (χ3n) is 6.24. The van der Waals surface area contributed by atoms with Crippen LogP contribution in [-0.2, 0) is 20.0 Å². The maximum Gasteiger partial charge on any atom is 0.279 e. The van der Waals surface area contributed by atoms with Gasteiger partial charge < -0.3 is 15.4 Å². The Kier molecular flexibility index (Phi) is 7.40. The van der Waals surface area contributed by atoms with E-state index in [1.54, 1.807) is 4.68 Å². The zero-order valence-corrected chi connectivity index (χ0v) is 19.5. The van der Waals surface area contributed by atoms with E-state index in [1.807, 2.05) is 55.9 Å². The fourth-order valence-corrected chi connectivity index (χ4v) is 4.56. The zero-order valence-electron chi connectivity index (χ0n) is 19.5. The lowest BCUT2D eigenvalue weighted by molar-refractivity contribution is 0.1000. The van der Waals surface area contributed by atoms with Gasteiger partial charge in [-0.25, -0.2) is 4.68 Å². The number of rotatable bonds is 10. The molecule has 1 aromatic carbocycles. The molecule has 0 bridgehead atoms. The van der Waals surface area contributed by atoms with E-state index in [9.17, 15) is 14.7 Å². The van der Waals surface area contributed by atoms with Crippen molar-refractivity contribution in [3.05, 3.63) is 63.3 Å². The number of hydrogen-bond donors (Lipinski definition) is 2. The standard InChI is InChI=1S/C25H34N4O3/c1-5-6-8-14-20-23(21(24(26)31)18(3)28(20)15-11-16-30)22-17(2)27(4)29(25(22)32)19-12-9-7-10-13-19/h7,9-10,12-13,30H,5-6,8,11,14-16H2,1-4H3,(H2,26,31). The van der Waals surface area contributed by atoms with Gasteiger partial charge in [-0.2, -0.15) is 0 Å². The molecule has 0 saturated heterocycles. The molecular formula is C25H34N4O3. The second-order valence-electron chi connectivity index (χ2n) is 8.27. The van der Waals surface area contributed by atoms with Crippen molar-refractivity contribution in [1.29, 1.82) is 0 Å². The van der Waals surface area contributed by atoms with Gasteiger partial charge in [0.25, 0.3) is 11.5 Å². The first-order chi connectivity index (χ1) is 15.3. The van der Waals surface area contributed by atoms with E-state index in [0.29, 0.717) is 29.7 Å². The number of hydrogen-bond acceptors (Lipinski definition) is 3. The number of unbranched alkanes of at least 4 members (excludes halogenated alkanes) is 2. The van der Waals surface area contributed by atoms with Crippen LogP contribution < -0.4 is 11.3 Å². The van der Waals surface area contributed by atoms with Gasteiger partial charge in [0.2, 0.25) is 0 Å². The highest BCUT2D eigenvalue weighted by atomic mass is 16.3. The number of aromatic nitrogens is 3. The maximum atomic E-state index is 13.7. The van der Waals surface area contributed by atoms with Crippen LogP contribution in [0.3, 0.4) is 0 Å². The first kappa shape index (κ1) is 23.6. The molecule has 3 rings (SSSR count). The number of benzene rings is 1. The number of amides is 1. The van der Waals surface area contributed by atoms with Gasteiger partial charge >= 0.3 is 0 Å². The molecule has 0 radical (unpaired) electrons. The monoisotopic (exact) mass is 438 g/mol. The van der Waals surface area contributed by atoms with Gasteiger partial charge in [-0.1, -0.05) is 38.0 Å². The second-order valence-corrected chi connectivity index (χ2v) is 8.27. The lowest BCUT2D eigenvalue weighted by Crippen LogP contribution is -2.21. The van der Waals surface area contributed by atoms with E-state index in [1.165, 1.54) is 0 Å². The normalized spacial score (nSPS) is 11.3. The minimum Gasteiger partial charge on any atom is -0.396 e. The summed E-state index contributed by atoms with van der Waals surface area (Å²) in [5, 5.41) is 9.42. The Morgan fingerprint density at radius 2 is 1.72 bits per heavy atom. The van der Waals surface area contributed by atoms with Gasteiger partial charge in [-0.05, 0) is 45.2 Å². The molecule has 0 aliphatic heterocycles. The van der Waals surface area contributed by atoms with Crippen LogP contribution in [-0.4, -0.2) is 31.6 Å². The van der Waals surface area contributed by atoms with Crippen molar-refractivity contribution in [1.82, 2.24) is 13.9 Å². The van der Waals surface area contributed by atoms with Crippen LogP contribution in [0.1, 0.15) is 60.0 Å². The highest BCUT2D eigenvalue weighted by molar-refractivity contribution is 6.02. The minimum absolute atomic E-state index is 0.0540. The van der Waals surface area contributed by atoms with Crippen molar-refractivity contribution in [2.24, 2.45) is 12.8 Å². The summed E-state index contributed by atoms with van der Waals surface area (Å²) in [5.41, 5.74) is 10.5.